The molecule has 4 rings (SSSR count). The highest BCUT2D eigenvalue weighted by Crippen LogP contribution is 2.27. The number of morpholine rings is 1. The van der Waals surface area contributed by atoms with Crippen LogP contribution in [0.3, 0.4) is 0 Å². The number of halogens is 1. The molecular weight excluding hydrogens is 338 g/mol. The number of H-pyrrole nitrogens is 1. The maximum atomic E-state index is 6.10. The van der Waals surface area contributed by atoms with E-state index < -0.39 is 0 Å². The summed E-state index contributed by atoms with van der Waals surface area (Å²) in [5, 5.41) is 0.714. The summed E-state index contributed by atoms with van der Waals surface area (Å²) in [5.41, 5.74) is 1.98. The van der Waals surface area contributed by atoms with E-state index in [4.69, 9.17) is 16.3 Å². The first-order valence-electron chi connectivity index (χ1n) is 8.29. The molecule has 1 fully saturated rings. The third-order valence-corrected chi connectivity index (χ3v) is 4.79. The van der Waals surface area contributed by atoms with Gasteiger partial charge in [0.15, 0.2) is 0 Å². The van der Waals surface area contributed by atoms with Crippen molar-refractivity contribution in [2.75, 3.05) is 19.8 Å². The summed E-state index contributed by atoms with van der Waals surface area (Å²) in [7, 11) is 2.02. The van der Waals surface area contributed by atoms with E-state index >= 15 is 0 Å². The van der Waals surface area contributed by atoms with Crippen LogP contribution in [0.15, 0.2) is 42.9 Å². The van der Waals surface area contributed by atoms with Crippen LogP contribution < -0.4 is 0 Å². The van der Waals surface area contributed by atoms with E-state index in [1.165, 1.54) is 0 Å². The van der Waals surface area contributed by atoms with Crippen molar-refractivity contribution >= 4 is 11.6 Å². The molecule has 0 bridgehead atoms. The van der Waals surface area contributed by atoms with Crippen LogP contribution in [-0.2, 0) is 18.3 Å². The van der Waals surface area contributed by atoms with Gasteiger partial charge in [-0.3, -0.25) is 4.90 Å². The largest absolute Gasteiger partial charge is 0.378 e. The summed E-state index contributed by atoms with van der Waals surface area (Å²) in [6, 6.07) is 7.84. The van der Waals surface area contributed by atoms with E-state index in [2.05, 4.69) is 19.9 Å². The molecule has 3 heterocycles. The van der Waals surface area contributed by atoms with E-state index in [1.807, 2.05) is 54.5 Å². The minimum atomic E-state index is 0.0818. The molecule has 1 N–H and O–H groups in total. The lowest BCUT2D eigenvalue weighted by molar-refractivity contribution is -0.0170. The van der Waals surface area contributed by atoms with Crippen LogP contribution in [-0.4, -0.2) is 44.2 Å². The zero-order valence-electron chi connectivity index (χ0n) is 14.0. The number of ether oxygens (including phenoxy) is 1. The predicted octanol–water partition coefficient (Wildman–Crippen LogP) is 3.04. The van der Waals surface area contributed by atoms with E-state index in [9.17, 15) is 0 Å². The van der Waals surface area contributed by atoms with Gasteiger partial charge in [-0.05, 0) is 12.1 Å². The molecule has 0 amide bonds. The maximum Gasteiger partial charge on any atom is 0.126 e. The smallest absolute Gasteiger partial charge is 0.126 e. The highest BCUT2D eigenvalue weighted by molar-refractivity contribution is 6.30. The Bertz CT molecular complexity index is 859. The van der Waals surface area contributed by atoms with Crippen molar-refractivity contribution in [2.45, 2.75) is 12.6 Å². The molecule has 3 aromatic rings. The molecule has 1 saturated heterocycles. The van der Waals surface area contributed by atoms with Crippen LogP contribution >= 0.6 is 11.6 Å². The Morgan fingerprint density at radius 2 is 2.28 bits per heavy atom. The fraction of sp³-hybridized carbons (Fsp3) is 0.333. The summed E-state index contributed by atoms with van der Waals surface area (Å²) in [6.07, 6.45) is 5.65. The number of nitrogens with one attached hydrogen (secondary N) is 1. The molecule has 0 radical (unpaired) electrons. The lowest BCUT2D eigenvalue weighted by atomic mass is 10.2. The normalized spacial score (nSPS) is 18.6. The zero-order valence-corrected chi connectivity index (χ0v) is 14.8. The van der Waals surface area contributed by atoms with Crippen LogP contribution in [0, 0.1) is 0 Å². The van der Waals surface area contributed by atoms with Gasteiger partial charge in [-0.15, -0.1) is 0 Å². The van der Waals surface area contributed by atoms with Crippen LogP contribution in [0.25, 0.3) is 11.3 Å². The fourth-order valence-corrected chi connectivity index (χ4v) is 3.31. The highest BCUT2D eigenvalue weighted by atomic mass is 35.5. The van der Waals surface area contributed by atoms with Crippen molar-refractivity contribution in [3.05, 3.63) is 59.5 Å². The van der Waals surface area contributed by atoms with E-state index in [1.54, 1.807) is 0 Å². The summed E-state index contributed by atoms with van der Waals surface area (Å²) < 4.78 is 7.75. The van der Waals surface area contributed by atoms with E-state index in [-0.39, 0.29) is 6.04 Å². The fourth-order valence-electron chi connectivity index (χ4n) is 3.12. The Morgan fingerprint density at radius 1 is 1.36 bits per heavy atom. The quantitative estimate of drug-likeness (QED) is 0.779. The third kappa shape index (κ3) is 3.46. The van der Waals surface area contributed by atoms with Crippen molar-refractivity contribution < 1.29 is 4.74 Å². The van der Waals surface area contributed by atoms with Gasteiger partial charge in [-0.2, -0.15) is 0 Å². The number of nitrogens with zero attached hydrogens (tertiary/aromatic N) is 4. The summed E-state index contributed by atoms with van der Waals surface area (Å²) in [6.45, 7) is 2.96. The van der Waals surface area contributed by atoms with Gasteiger partial charge in [-0.1, -0.05) is 23.7 Å². The molecule has 7 heteroatoms. The second-order valence-electron chi connectivity index (χ2n) is 6.21. The van der Waals surface area contributed by atoms with Crippen molar-refractivity contribution in [1.29, 1.82) is 0 Å². The Balaban J connectivity index is 1.57. The van der Waals surface area contributed by atoms with Gasteiger partial charge in [-0.25, -0.2) is 9.97 Å². The molecule has 1 aliphatic rings. The molecule has 1 atom stereocenters. The summed E-state index contributed by atoms with van der Waals surface area (Å²) in [4.78, 5) is 14.8. The van der Waals surface area contributed by atoms with Crippen molar-refractivity contribution in [3.8, 4) is 11.3 Å². The van der Waals surface area contributed by atoms with Gasteiger partial charge in [0, 0.05) is 36.6 Å². The number of rotatable bonds is 4. The molecule has 1 aromatic carbocycles. The number of aromatic amines is 1. The van der Waals surface area contributed by atoms with Gasteiger partial charge < -0.3 is 14.3 Å². The van der Waals surface area contributed by atoms with E-state index in [0.29, 0.717) is 11.6 Å². The average Bonchev–Trinajstić information content (AvgIpc) is 3.25. The molecule has 1 aliphatic heterocycles. The number of hydrogen-bond donors (Lipinski definition) is 1. The maximum absolute atomic E-state index is 6.10. The average molecular weight is 358 g/mol. The topological polar surface area (TPSA) is 59.0 Å². The van der Waals surface area contributed by atoms with Crippen LogP contribution in [0.1, 0.15) is 17.7 Å². The number of aromatic nitrogens is 4. The van der Waals surface area contributed by atoms with Crippen LogP contribution in [0.5, 0.6) is 0 Å². The highest BCUT2D eigenvalue weighted by Gasteiger charge is 2.28. The minimum Gasteiger partial charge on any atom is -0.378 e. The molecule has 0 spiro atoms. The van der Waals surface area contributed by atoms with E-state index in [0.717, 1.165) is 42.6 Å². The van der Waals surface area contributed by atoms with Crippen LogP contribution in [0.2, 0.25) is 5.02 Å². The second-order valence-corrected chi connectivity index (χ2v) is 6.64. The van der Waals surface area contributed by atoms with Crippen molar-refractivity contribution in [1.82, 2.24) is 24.4 Å². The van der Waals surface area contributed by atoms with Crippen molar-refractivity contribution in [3.63, 3.8) is 0 Å². The van der Waals surface area contributed by atoms with Gasteiger partial charge in [0.25, 0.3) is 0 Å². The Labute approximate surface area is 151 Å². The Kier molecular flexibility index (Phi) is 4.57. The summed E-state index contributed by atoms with van der Waals surface area (Å²) >= 11 is 6.10. The number of benzene rings is 1. The Morgan fingerprint density at radius 3 is 3.08 bits per heavy atom. The first kappa shape index (κ1) is 16.3. The first-order chi connectivity index (χ1) is 12.2. The van der Waals surface area contributed by atoms with Gasteiger partial charge >= 0.3 is 0 Å². The molecule has 25 heavy (non-hydrogen) atoms. The molecule has 6 nitrogen and oxygen atoms in total. The summed E-state index contributed by atoms with van der Waals surface area (Å²) in [5.74, 6) is 1.94. The second kappa shape index (κ2) is 7.00. The number of aryl methyl sites for hydroxylation is 1. The monoisotopic (exact) mass is 357 g/mol. The lowest BCUT2D eigenvalue weighted by Gasteiger charge is -2.34. The minimum absolute atomic E-state index is 0.0818. The first-order valence-corrected chi connectivity index (χ1v) is 8.67. The predicted molar refractivity (Wildman–Crippen MR) is 96.2 cm³/mol. The number of hydrogen-bond acceptors (Lipinski definition) is 4. The molecule has 2 aromatic heterocycles. The molecule has 0 unspecified atom stereocenters. The van der Waals surface area contributed by atoms with Gasteiger partial charge in [0.05, 0.1) is 37.7 Å². The molecule has 0 aliphatic carbocycles. The molecular formula is C18H20ClN5O. The van der Waals surface area contributed by atoms with Crippen molar-refractivity contribution in [2.24, 2.45) is 7.05 Å². The molecule has 130 valence electrons. The van der Waals surface area contributed by atoms with Crippen LogP contribution in [0.4, 0.5) is 0 Å². The van der Waals surface area contributed by atoms with Gasteiger partial charge in [0.2, 0.25) is 0 Å². The van der Waals surface area contributed by atoms with Gasteiger partial charge in [0.1, 0.15) is 11.6 Å². The lowest BCUT2D eigenvalue weighted by Crippen LogP contribution is -2.40. The molecule has 0 saturated carbocycles. The Hall–Kier alpha value is -2.15. The number of imidazole rings is 2. The third-order valence-electron chi connectivity index (χ3n) is 4.55. The standard InChI is InChI=1S/C18H20ClN5O/c1-23-6-5-20-17(23)11-24-7-8-25-12-16(24)18-21-10-15(22-18)13-3-2-4-14(19)9-13/h2-6,9-10,16H,7-8,11-12H2,1H3,(H,21,22)/t16-/m0/s1. The SMILES string of the molecule is Cn1ccnc1CN1CCOC[C@H]1c1ncc(-c2cccc(Cl)c2)[nH]1. The zero-order chi connectivity index (χ0) is 17.2.